The second-order valence-corrected chi connectivity index (χ2v) is 8.83. The molecule has 0 aliphatic carbocycles. The molecular weight excluding hydrogens is 396 g/mol. The van der Waals surface area contributed by atoms with E-state index in [1.807, 2.05) is 50.8 Å². The van der Waals surface area contributed by atoms with Gasteiger partial charge in [-0.2, -0.15) is 0 Å². The molecule has 1 aromatic rings. The summed E-state index contributed by atoms with van der Waals surface area (Å²) in [5, 5.41) is 0. The van der Waals surface area contributed by atoms with Gasteiger partial charge >= 0.3 is 6.09 Å². The minimum atomic E-state index is -0.520. The molecule has 0 saturated carbocycles. The third kappa shape index (κ3) is 7.81. The van der Waals surface area contributed by atoms with Crippen molar-refractivity contribution in [2.24, 2.45) is 5.92 Å². The van der Waals surface area contributed by atoms with Crippen LogP contribution in [0.2, 0.25) is 0 Å². The lowest BCUT2D eigenvalue weighted by atomic mass is 9.97. The molecule has 31 heavy (non-hydrogen) atoms. The van der Waals surface area contributed by atoms with Crippen molar-refractivity contribution >= 4 is 18.1 Å². The van der Waals surface area contributed by atoms with Crippen LogP contribution in [0.1, 0.15) is 46.1 Å². The van der Waals surface area contributed by atoms with Crippen LogP contribution in [0.4, 0.5) is 4.79 Å². The number of carbonyl (C=O) groups excluding carboxylic acids is 2. The number of hydrogen-bond acceptors (Lipinski definition) is 5. The van der Waals surface area contributed by atoms with Crippen LogP contribution in [0.3, 0.4) is 0 Å². The smallest absolute Gasteiger partial charge is 0.410 e. The Bertz CT molecular complexity index is 785. The lowest BCUT2D eigenvalue weighted by Gasteiger charge is -2.34. The molecule has 7 heteroatoms. The monoisotopic (exact) mass is 432 g/mol. The Morgan fingerprint density at radius 1 is 1.26 bits per heavy atom. The summed E-state index contributed by atoms with van der Waals surface area (Å²) >= 11 is 0. The van der Waals surface area contributed by atoms with E-state index in [-0.39, 0.29) is 17.9 Å². The van der Waals surface area contributed by atoms with E-state index < -0.39 is 5.60 Å². The van der Waals surface area contributed by atoms with Crippen molar-refractivity contribution in [2.45, 2.75) is 46.1 Å². The third-order valence-corrected chi connectivity index (χ3v) is 4.97. The van der Waals surface area contributed by atoms with Gasteiger partial charge in [0.05, 0.1) is 13.7 Å². The number of nitrogens with zero attached hydrogens (tertiary/aromatic N) is 2. The number of likely N-dealkylation sites (tertiary alicyclic amines) is 1. The lowest BCUT2D eigenvalue weighted by molar-refractivity contribution is -0.127. The summed E-state index contributed by atoms with van der Waals surface area (Å²) in [6.07, 6.45) is 4.95. The van der Waals surface area contributed by atoms with E-state index in [1.54, 1.807) is 31.2 Å². The number of methoxy groups -OCH3 is 1. The standard InChI is InChI=1S/C24H36N2O5/c1-7-30-20-12-10-18(15-21(20)29-6)11-13-22(27)26-14-8-9-19(17-26)16-25(5)23(28)31-24(2,3)4/h10-13,15,19H,7-9,14,16-17H2,1-6H3/b13-11+. The van der Waals surface area contributed by atoms with Crippen LogP contribution < -0.4 is 9.47 Å². The first kappa shape index (κ1) is 24.6. The highest BCUT2D eigenvalue weighted by atomic mass is 16.6. The fourth-order valence-electron chi connectivity index (χ4n) is 3.55. The van der Waals surface area contributed by atoms with E-state index in [0.717, 1.165) is 24.9 Å². The average Bonchev–Trinajstić information content (AvgIpc) is 2.71. The molecule has 1 atom stereocenters. The van der Waals surface area contributed by atoms with Crippen LogP contribution in [0.25, 0.3) is 6.08 Å². The summed E-state index contributed by atoms with van der Waals surface area (Å²) in [4.78, 5) is 28.4. The van der Waals surface area contributed by atoms with Gasteiger partial charge in [-0.3, -0.25) is 4.79 Å². The number of hydrogen-bond donors (Lipinski definition) is 0. The predicted octanol–water partition coefficient (Wildman–Crippen LogP) is 4.21. The summed E-state index contributed by atoms with van der Waals surface area (Å²) in [5.41, 5.74) is 0.348. The maximum atomic E-state index is 12.7. The second kappa shape index (κ2) is 11.1. The van der Waals surface area contributed by atoms with E-state index in [1.165, 1.54) is 0 Å². The molecule has 1 heterocycles. The Morgan fingerprint density at radius 2 is 2.00 bits per heavy atom. The maximum Gasteiger partial charge on any atom is 0.410 e. The van der Waals surface area contributed by atoms with Crippen LogP contribution in [0.15, 0.2) is 24.3 Å². The Balaban J connectivity index is 1.94. The fraction of sp³-hybridized carbons (Fsp3) is 0.583. The molecule has 1 saturated heterocycles. The molecule has 1 unspecified atom stereocenters. The minimum Gasteiger partial charge on any atom is -0.493 e. The number of benzene rings is 1. The molecule has 7 nitrogen and oxygen atoms in total. The molecular formula is C24H36N2O5. The molecule has 172 valence electrons. The van der Waals surface area contributed by atoms with Crippen LogP contribution in [-0.2, 0) is 9.53 Å². The molecule has 1 aliphatic rings. The van der Waals surface area contributed by atoms with Crippen molar-refractivity contribution in [1.82, 2.24) is 9.80 Å². The molecule has 0 spiro atoms. The van der Waals surface area contributed by atoms with Crippen LogP contribution in [-0.4, -0.2) is 67.8 Å². The highest BCUT2D eigenvalue weighted by molar-refractivity contribution is 5.92. The number of ether oxygens (including phenoxy) is 3. The molecule has 0 bridgehead atoms. The highest BCUT2D eigenvalue weighted by Gasteiger charge is 2.26. The van der Waals surface area contributed by atoms with Gasteiger partial charge in [0.2, 0.25) is 5.91 Å². The summed E-state index contributed by atoms with van der Waals surface area (Å²) in [7, 11) is 3.34. The summed E-state index contributed by atoms with van der Waals surface area (Å²) in [6, 6.07) is 5.59. The summed E-state index contributed by atoms with van der Waals surface area (Å²) in [5.74, 6) is 1.52. The lowest BCUT2D eigenvalue weighted by Crippen LogP contribution is -2.44. The zero-order valence-corrected chi connectivity index (χ0v) is 19.6. The van der Waals surface area contributed by atoms with Crippen LogP contribution in [0.5, 0.6) is 11.5 Å². The van der Waals surface area contributed by atoms with Crippen molar-refractivity contribution in [2.75, 3.05) is 40.4 Å². The van der Waals surface area contributed by atoms with Gasteiger partial charge in [0.25, 0.3) is 0 Å². The number of piperidine rings is 1. The van der Waals surface area contributed by atoms with E-state index in [2.05, 4.69) is 0 Å². The zero-order chi connectivity index (χ0) is 23.0. The van der Waals surface area contributed by atoms with Gasteiger partial charge in [0, 0.05) is 32.8 Å². The minimum absolute atomic E-state index is 0.0301. The first-order valence-corrected chi connectivity index (χ1v) is 10.8. The normalized spacial score (nSPS) is 16.8. The second-order valence-electron chi connectivity index (χ2n) is 8.83. The van der Waals surface area contributed by atoms with Crippen molar-refractivity contribution in [3.63, 3.8) is 0 Å². The Morgan fingerprint density at radius 3 is 2.65 bits per heavy atom. The quantitative estimate of drug-likeness (QED) is 0.604. The highest BCUT2D eigenvalue weighted by Crippen LogP contribution is 2.28. The van der Waals surface area contributed by atoms with Crippen molar-refractivity contribution < 1.29 is 23.8 Å². The maximum absolute atomic E-state index is 12.7. The molecule has 1 aromatic carbocycles. The van der Waals surface area contributed by atoms with E-state index >= 15 is 0 Å². The molecule has 0 N–H and O–H groups in total. The topological polar surface area (TPSA) is 68.3 Å². The molecule has 2 rings (SSSR count). The fourth-order valence-corrected chi connectivity index (χ4v) is 3.55. The van der Waals surface area contributed by atoms with E-state index in [0.29, 0.717) is 31.2 Å². The Labute approximate surface area is 185 Å². The summed E-state index contributed by atoms with van der Waals surface area (Å²) in [6.45, 7) is 9.96. The number of carbonyl (C=O) groups is 2. The molecule has 1 fully saturated rings. The first-order valence-electron chi connectivity index (χ1n) is 10.8. The van der Waals surface area contributed by atoms with Crippen LogP contribution >= 0.6 is 0 Å². The van der Waals surface area contributed by atoms with Gasteiger partial charge in [-0.15, -0.1) is 0 Å². The van der Waals surface area contributed by atoms with Gasteiger partial charge in [-0.25, -0.2) is 4.79 Å². The SMILES string of the molecule is CCOc1ccc(/C=C/C(=O)N2CCCC(CN(C)C(=O)OC(C)(C)C)C2)cc1OC. The average molecular weight is 433 g/mol. The first-order chi connectivity index (χ1) is 14.6. The summed E-state index contributed by atoms with van der Waals surface area (Å²) < 4.78 is 16.3. The molecule has 0 aromatic heterocycles. The van der Waals surface area contributed by atoms with Crippen LogP contribution in [0, 0.1) is 5.92 Å². The van der Waals surface area contributed by atoms with Gasteiger partial charge in [-0.1, -0.05) is 6.07 Å². The van der Waals surface area contributed by atoms with Crippen molar-refractivity contribution in [1.29, 1.82) is 0 Å². The van der Waals surface area contributed by atoms with Crippen molar-refractivity contribution in [3.05, 3.63) is 29.8 Å². The third-order valence-electron chi connectivity index (χ3n) is 4.97. The van der Waals surface area contributed by atoms with Gasteiger partial charge in [0.15, 0.2) is 11.5 Å². The Kier molecular flexibility index (Phi) is 8.77. The van der Waals surface area contributed by atoms with E-state index in [9.17, 15) is 9.59 Å². The molecule has 1 aliphatic heterocycles. The van der Waals surface area contributed by atoms with Gasteiger partial charge in [0.1, 0.15) is 5.60 Å². The predicted molar refractivity (Wildman–Crippen MR) is 121 cm³/mol. The van der Waals surface area contributed by atoms with Crippen molar-refractivity contribution in [3.8, 4) is 11.5 Å². The number of amides is 2. The number of rotatable bonds is 7. The Hall–Kier alpha value is -2.70. The van der Waals surface area contributed by atoms with E-state index in [4.69, 9.17) is 14.2 Å². The largest absolute Gasteiger partial charge is 0.493 e. The molecule has 0 radical (unpaired) electrons. The molecule has 2 amide bonds. The zero-order valence-electron chi connectivity index (χ0n) is 19.6. The van der Waals surface area contributed by atoms with Gasteiger partial charge < -0.3 is 24.0 Å². The van der Waals surface area contributed by atoms with Gasteiger partial charge in [-0.05, 0) is 70.2 Å².